The number of hydrogen-bond donors (Lipinski definition) is 2. The molecule has 1 aromatic carbocycles. The molecule has 3 aliphatic carbocycles. The molecule has 39 heavy (non-hydrogen) atoms. The zero-order chi connectivity index (χ0) is 28.8. The van der Waals surface area contributed by atoms with Crippen molar-refractivity contribution in [2.45, 2.75) is 96.9 Å². The molecule has 9 nitrogen and oxygen atoms in total. The third-order valence-electron chi connectivity index (χ3n) is 8.61. The van der Waals surface area contributed by atoms with Crippen molar-refractivity contribution in [3.8, 4) is 0 Å². The van der Waals surface area contributed by atoms with Gasteiger partial charge < -0.3 is 19.4 Å². The van der Waals surface area contributed by atoms with Crippen molar-refractivity contribution in [2.24, 2.45) is 17.3 Å². The number of carbonyl (C=O) groups is 2. The van der Waals surface area contributed by atoms with Crippen molar-refractivity contribution in [3.05, 3.63) is 35.4 Å². The van der Waals surface area contributed by atoms with Gasteiger partial charge in [0, 0.05) is 13.0 Å². The van der Waals surface area contributed by atoms with Crippen LogP contribution in [0.1, 0.15) is 83.1 Å². The average molecular weight is 563 g/mol. The Morgan fingerprint density at radius 3 is 2.56 bits per heavy atom. The summed E-state index contributed by atoms with van der Waals surface area (Å²) >= 11 is 0. The van der Waals surface area contributed by atoms with Gasteiger partial charge in [-0.1, -0.05) is 26.0 Å². The molecule has 1 heterocycles. The van der Waals surface area contributed by atoms with Crippen molar-refractivity contribution in [1.29, 1.82) is 0 Å². The Labute approximate surface area is 233 Å². The Balaban J connectivity index is 1.49. The Bertz CT molecular complexity index is 1200. The summed E-state index contributed by atoms with van der Waals surface area (Å²) in [7, 11) is -3.95. The zero-order valence-electron chi connectivity index (χ0n) is 24.2. The molecule has 2 bridgehead atoms. The molecule has 0 aromatic heterocycles. The van der Waals surface area contributed by atoms with Crippen LogP contribution in [-0.2, 0) is 35.3 Å². The van der Waals surface area contributed by atoms with Crippen LogP contribution in [-0.4, -0.2) is 63.5 Å². The molecule has 3 saturated carbocycles. The average Bonchev–Trinajstić information content (AvgIpc) is 3.17. The summed E-state index contributed by atoms with van der Waals surface area (Å²) in [5.74, 6) is -0.124. The maximum Gasteiger partial charge on any atom is 0.482 e. The maximum absolute atomic E-state index is 13.0. The molecule has 1 amide bonds. The minimum Gasteiger partial charge on any atom is -0.456 e. The fourth-order valence-corrected chi connectivity index (χ4v) is 7.00. The summed E-state index contributed by atoms with van der Waals surface area (Å²) in [6.45, 7) is 12.4. The first kappa shape index (κ1) is 30.0. The topological polar surface area (TPSA) is 120 Å². The number of amides is 1. The number of nitrogens with one attached hydrogen (secondary N) is 2. The molecule has 0 radical (unpaired) electrons. The number of carbonyl (C=O) groups excluding carboxylic acids is 2. The lowest BCUT2D eigenvalue weighted by molar-refractivity contribution is -0.199. The van der Waals surface area contributed by atoms with E-state index in [-0.39, 0.29) is 30.4 Å². The minimum absolute atomic E-state index is 0.0364. The van der Waals surface area contributed by atoms with Gasteiger partial charge in [-0.05, 0) is 88.3 Å². The highest BCUT2D eigenvalue weighted by molar-refractivity contribution is 7.88. The number of sulfonamides is 1. The van der Waals surface area contributed by atoms with Gasteiger partial charge in [-0.3, -0.25) is 4.79 Å². The van der Waals surface area contributed by atoms with Gasteiger partial charge in [-0.25, -0.2) is 17.9 Å². The summed E-state index contributed by atoms with van der Waals surface area (Å²) in [4.78, 5) is 25.6. The number of hydrogen-bond acceptors (Lipinski definition) is 7. The van der Waals surface area contributed by atoms with Crippen LogP contribution in [0.4, 0.5) is 0 Å². The lowest BCUT2D eigenvalue weighted by atomic mass is 9.43. The lowest BCUT2D eigenvalue weighted by Gasteiger charge is -2.64. The van der Waals surface area contributed by atoms with Crippen LogP contribution < -0.4 is 10.0 Å². The Hall–Kier alpha value is -1.95. The molecular weight excluding hydrogens is 519 g/mol. The smallest absolute Gasteiger partial charge is 0.456 e. The second kappa shape index (κ2) is 10.8. The van der Waals surface area contributed by atoms with E-state index in [9.17, 15) is 18.0 Å². The van der Waals surface area contributed by atoms with Crippen LogP contribution in [0.5, 0.6) is 0 Å². The molecule has 1 aromatic rings. The lowest BCUT2D eigenvalue weighted by Crippen LogP contribution is -2.65. The van der Waals surface area contributed by atoms with E-state index in [1.807, 2.05) is 26.8 Å². The molecule has 5 unspecified atom stereocenters. The molecule has 1 saturated heterocycles. The highest BCUT2D eigenvalue weighted by Crippen LogP contribution is 2.65. The fraction of sp³-hybridized carbons (Fsp3) is 0.714. The number of rotatable bonds is 10. The predicted molar refractivity (Wildman–Crippen MR) is 149 cm³/mol. The van der Waals surface area contributed by atoms with Crippen molar-refractivity contribution in [1.82, 2.24) is 10.0 Å². The Morgan fingerprint density at radius 2 is 1.92 bits per heavy atom. The van der Waals surface area contributed by atoms with Gasteiger partial charge in [0.25, 0.3) is 0 Å². The minimum atomic E-state index is -3.31. The van der Waals surface area contributed by atoms with Gasteiger partial charge in [0.1, 0.15) is 5.60 Å². The van der Waals surface area contributed by atoms with E-state index in [1.165, 1.54) is 0 Å². The van der Waals surface area contributed by atoms with Crippen molar-refractivity contribution < 1.29 is 32.1 Å². The standard InChI is InChI=1S/C28H43BN2O7S/c1-26(2,3)36-25(33)19-11-8-10-18(14-19)15-23(31-24(32)12-9-13-30-39(7,34)35)29-37-22-17-20-16-21(27(20,4)5)28(22,6)38-29/h8,10-11,14,20-23,30H,9,12-13,15-17H2,1-7H3,(H,31,32). The summed E-state index contributed by atoms with van der Waals surface area (Å²) in [5, 5.41) is 3.09. The monoisotopic (exact) mass is 562 g/mol. The normalized spacial score (nSPS) is 28.3. The molecule has 4 fully saturated rings. The molecule has 4 aliphatic rings. The summed E-state index contributed by atoms with van der Waals surface area (Å²) < 4.78 is 43.8. The third kappa shape index (κ3) is 6.86. The second-order valence-electron chi connectivity index (χ2n) is 13.2. The van der Waals surface area contributed by atoms with E-state index in [1.54, 1.807) is 18.2 Å². The first-order chi connectivity index (χ1) is 18.0. The highest BCUT2D eigenvalue weighted by atomic mass is 32.2. The van der Waals surface area contributed by atoms with Gasteiger partial charge in [0.15, 0.2) is 0 Å². The van der Waals surface area contributed by atoms with Crippen molar-refractivity contribution >= 4 is 29.0 Å². The summed E-state index contributed by atoms with van der Waals surface area (Å²) in [5.41, 5.74) is 0.441. The SMILES string of the molecule is CC(C)(C)OC(=O)c1cccc(CC(NC(=O)CCCNS(C)(=O)=O)B2OC3CC4CC(C4(C)C)C3(C)O2)c1. The number of esters is 1. The molecule has 0 spiro atoms. The van der Waals surface area contributed by atoms with E-state index in [2.05, 4.69) is 30.8 Å². The Morgan fingerprint density at radius 1 is 1.21 bits per heavy atom. The van der Waals surface area contributed by atoms with Gasteiger partial charge >= 0.3 is 13.1 Å². The van der Waals surface area contributed by atoms with Gasteiger partial charge in [-0.15, -0.1) is 0 Å². The molecule has 1 aliphatic heterocycles. The third-order valence-corrected chi connectivity index (χ3v) is 9.33. The first-order valence-electron chi connectivity index (χ1n) is 13.9. The zero-order valence-corrected chi connectivity index (χ0v) is 25.0. The molecule has 11 heteroatoms. The van der Waals surface area contributed by atoms with Crippen LogP contribution in [0.15, 0.2) is 24.3 Å². The van der Waals surface area contributed by atoms with Gasteiger partial charge in [0.05, 0.1) is 29.5 Å². The van der Waals surface area contributed by atoms with E-state index < -0.39 is 40.3 Å². The quantitative estimate of drug-likeness (QED) is 0.255. The van der Waals surface area contributed by atoms with Crippen LogP contribution in [0.2, 0.25) is 0 Å². The van der Waals surface area contributed by atoms with E-state index in [0.717, 1.165) is 24.7 Å². The molecule has 216 valence electrons. The largest absolute Gasteiger partial charge is 0.482 e. The van der Waals surface area contributed by atoms with Crippen LogP contribution in [0.25, 0.3) is 0 Å². The molecular formula is C28H43BN2O7S. The summed E-state index contributed by atoms with van der Waals surface area (Å²) in [6.07, 6.45) is 4.03. The number of benzene rings is 1. The molecule has 5 rings (SSSR count). The van der Waals surface area contributed by atoms with Crippen molar-refractivity contribution in [3.63, 3.8) is 0 Å². The van der Waals surface area contributed by atoms with Gasteiger partial charge in [0.2, 0.25) is 15.9 Å². The summed E-state index contributed by atoms with van der Waals surface area (Å²) in [6, 6.07) is 7.21. The first-order valence-corrected chi connectivity index (χ1v) is 15.8. The maximum atomic E-state index is 13.0. The molecule has 5 atom stereocenters. The van der Waals surface area contributed by atoms with E-state index >= 15 is 0 Å². The van der Waals surface area contributed by atoms with Crippen LogP contribution >= 0.6 is 0 Å². The number of ether oxygens (including phenoxy) is 1. The highest BCUT2D eigenvalue weighted by Gasteiger charge is 2.68. The Kier molecular flexibility index (Phi) is 8.31. The van der Waals surface area contributed by atoms with Crippen molar-refractivity contribution in [2.75, 3.05) is 12.8 Å². The van der Waals surface area contributed by atoms with E-state index in [4.69, 9.17) is 14.0 Å². The second-order valence-corrected chi connectivity index (χ2v) is 15.0. The van der Waals surface area contributed by atoms with E-state index in [0.29, 0.717) is 30.2 Å². The predicted octanol–water partition coefficient (Wildman–Crippen LogP) is 3.27. The fourth-order valence-electron chi connectivity index (χ4n) is 6.49. The van der Waals surface area contributed by atoms with Crippen LogP contribution in [0, 0.1) is 17.3 Å². The molecule has 2 N–H and O–H groups in total. The van der Waals surface area contributed by atoms with Gasteiger partial charge in [-0.2, -0.15) is 0 Å². The van der Waals surface area contributed by atoms with Crippen LogP contribution in [0.3, 0.4) is 0 Å².